The molecule has 0 saturated carbocycles. The van der Waals surface area contributed by atoms with Crippen LogP contribution in [0.3, 0.4) is 0 Å². The maximum atomic E-state index is 12.5. The fourth-order valence-corrected chi connectivity index (χ4v) is 4.00. The van der Waals surface area contributed by atoms with Crippen LogP contribution in [-0.4, -0.2) is 31.4 Å². The van der Waals surface area contributed by atoms with E-state index in [4.69, 9.17) is 4.74 Å². The van der Waals surface area contributed by atoms with Crippen molar-refractivity contribution in [1.82, 2.24) is 0 Å². The Morgan fingerprint density at radius 2 is 1.85 bits per heavy atom. The number of anilines is 2. The third-order valence-electron chi connectivity index (χ3n) is 4.58. The second-order valence-electron chi connectivity index (χ2n) is 6.52. The van der Waals surface area contributed by atoms with Gasteiger partial charge in [0.15, 0.2) is 0 Å². The lowest BCUT2D eigenvalue weighted by atomic mass is 10.1. The first-order valence-corrected chi connectivity index (χ1v) is 10.0. The molecule has 1 aliphatic heterocycles. The van der Waals surface area contributed by atoms with E-state index in [1.54, 1.807) is 7.11 Å². The molecular formula is C21H26N2O2S. The number of hydrogen-bond acceptors (Lipinski definition) is 4. The molecule has 1 amide bonds. The normalized spacial score (nSPS) is 15.4. The van der Waals surface area contributed by atoms with Gasteiger partial charge in [0.25, 0.3) is 0 Å². The number of rotatable bonds is 6. The predicted molar refractivity (Wildman–Crippen MR) is 109 cm³/mol. The zero-order chi connectivity index (χ0) is 18.4. The number of nitrogens with one attached hydrogen (secondary N) is 1. The molecule has 1 unspecified atom stereocenters. The highest BCUT2D eigenvalue weighted by Gasteiger charge is 2.16. The Labute approximate surface area is 159 Å². The molecule has 0 spiro atoms. The van der Waals surface area contributed by atoms with Crippen molar-refractivity contribution in [3.05, 3.63) is 48.5 Å². The zero-order valence-corrected chi connectivity index (χ0v) is 16.2. The van der Waals surface area contributed by atoms with E-state index in [2.05, 4.69) is 22.3 Å². The fraction of sp³-hybridized carbons (Fsp3) is 0.381. The molecule has 0 aromatic heterocycles. The first-order chi connectivity index (χ1) is 12.7. The van der Waals surface area contributed by atoms with E-state index in [1.807, 2.05) is 43.3 Å². The zero-order valence-electron chi connectivity index (χ0n) is 15.4. The summed E-state index contributed by atoms with van der Waals surface area (Å²) in [6.07, 6.45) is 3.85. The van der Waals surface area contributed by atoms with Crippen LogP contribution in [-0.2, 0) is 4.79 Å². The summed E-state index contributed by atoms with van der Waals surface area (Å²) < 4.78 is 5.24. The van der Waals surface area contributed by atoms with E-state index < -0.39 is 0 Å². The SMILES string of the molecule is COc1cccc(SC(C)C(=O)Nc2ccc(N3CCCCC3)cc2)c1. The standard InChI is InChI=1S/C21H26N2O2S/c1-16(26-20-8-6-7-19(15-20)25-2)21(24)22-17-9-11-18(12-10-17)23-13-4-3-5-14-23/h6-12,15-16H,3-5,13-14H2,1-2H3,(H,22,24). The summed E-state index contributed by atoms with van der Waals surface area (Å²) in [5.41, 5.74) is 2.08. The van der Waals surface area contributed by atoms with Gasteiger partial charge in [-0.25, -0.2) is 0 Å². The quantitative estimate of drug-likeness (QED) is 0.741. The molecular weight excluding hydrogens is 344 g/mol. The van der Waals surface area contributed by atoms with Gasteiger partial charge in [-0.05, 0) is 68.7 Å². The number of methoxy groups -OCH3 is 1. The van der Waals surface area contributed by atoms with E-state index in [9.17, 15) is 4.79 Å². The number of amides is 1. The molecule has 1 N–H and O–H groups in total. The van der Waals surface area contributed by atoms with Crippen LogP contribution in [0.5, 0.6) is 5.75 Å². The van der Waals surface area contributed by atoms with Gasteiger partial charge < -0.3 is 15.0 Å². The average molecular weight is 371 g/mol. The van der Waals surface area contributed by atoms with Crippen LogP contribution >= 0.6 is 11.8 Å². The molecule has 1 atom stereocenters. The van der Waals surface area contributed by atoms with Gasteiger partial charge in [-0.3, -0.25) is 4.79 Å². The highest BCUT2D eigenvalue weighted by molar-refractivity contribution is 8.00. The van der Waals surface area contributed by atoms with E-state index in [1.165, 1.54) is 36.7 Å². The topological polar surface area (TPSA) is 41.6 Å². The minimum atomic E-state index is -0.191. The van der Waals surface area contributed by atoms with E-state index in [0.29, 0.717) is 0 Å². The van der Waals surface area contributed by atoms with Gasteiger partial charge in [0.05, 0.1) is 12.4 Å². The smallest absolute Gasteiger partial charge is 0.237 e. The van der Waals surface area contributed by atoms with Crippen molar-refractivity contribution in [1.29, 1.82) is 0 Å². The number of hydrogen-bond donors (Lipinski definition) is 1. The molecule has 1 heterocycles. The number of ether oxygens (including phenoxy) is 1. The summed E-state index contributed by atoms with van der Waals surface area (Å²) >= 11 is 1.53. The minimum Gasteiger partial charge on any atom is -0.497 e. The highest BCUT2D eigenvalue weighted by atomic mass is 32.2. The molecule has 3 rings (SSSR count). The third kappa shape index (κ3) is 4.94. The number of carbonyl (C=O) groups excluding carboxylic acids is 1. The third-order valence-corrected chi connectivity index (χ3v) is 5.67. The lowest BCUT2D eigenvalue weighted by Gasteiger charge is -2.28. The van der Waals surface area contributed by atoms with Crippen molar-refractivity contribution in [2.24, 2.45) is 0 Å². The van der Waals surface area contributed by atoms with Gasteiger partial charge in [-0.15, -0.1) is 11.8 Å². The number of nitrogens with zero attached hydrogens (tertiary/aromatic N) is 1. The molecule has 26 heavy (non-hydrogen) atoms. The molecule has 0 aliphatic carbocycles. The maximum Gasteiger partial charge on any atom is 0.237 e. The van der Waals surface area contributed by atoms with E-state index >= 15 is 0 Å². The molecule has 138 valence electrons. The molecule has 5 heteroatoms. The summed E-state index contributed by atoms with van der Waals surface area (Å²) in [6.45, 7) is 4.17. The van der Waals surface area contributed by atoms with Crippen LogP contribution in [0.2, 0.25) is 0 Å². The molecule has 2 aromatic carbocycles. The van der Waals surface area contributed by atoms with Crippen molar-refractivity contribution in [2.75, 3.05) is 30.4 Å². The summed E-state index contributed by atoms with van der Waals surface area (Å²) in [5, 5.41) is 2.82. The largest absolute Gasteiger partial charge is 0.497 e. The monoisotopic (exact) mass is 370 g/mol. The number of piperidine rings is 1. The van der Waals surface area contributed by atoms with E-state index in [0.717, 1.165) is 29.4 Å². The molecule has 4 nitrogen and oxygen atoms in total. The number of carbonyl (C=O) groups is 1. The highest BCUT2D eigenvalue weighted by Crippen LogP contribution is 2.28. The molecule has 1 fully saturated rings. The Balaban J connectivity index is 1.56. The van der Waals surface area contributed by atoms with Gasteiger partial charge in [0, 0.05) is 29.4 Å². The molecule has 1 aliphatic rings. The summed E-state index contributed by atoms with van der Waals surface area (Å²) in [4.78, 5) is 15.9. The number of thioether (sulfide) groups is 1. The van der Waals surface area contributed by atoms with Crippen LogP contribution in [0, 0.1) is 0 Å². The van der Waals surface area contributed by atoms with Crippen LogP contribution < -0.4 is 15.0 Å². The second-order valence-corrected chi connectivity index (χ2v) is 7.94. The van der Waals surface area contributed by atoms with Crippen LogP contribution in [0.4, 0.5) is 11.4 Å². The minimum absolute atomic E-state index is 0.00328. The van der Waals surface area contributed by atoms with Crippen molar-refractivity contribution in [3.8, 4) is 5.75 Å². The van der Waals surface area contributed by atoms with Crippen molar-refractivity contribution in [3.63, 3.8) is 0 Å². The first kappa shape index (κ1) is 18.6. The average Bonchev–Trinajstić information content (AvgIpc) is 2.69. The van der Waals surface area contributed by atoms with Crippen molar-refractivity contribution >= 4 is 29.0 Å². The predicted octanol–water partition coefficient (Wildman–Crippen LogP) is 4.80. The summed E-state index contributed by atoms with van der Waals surface area (Å²) in [6, 6.07) is 16.0. The van der Waals surface area contributed by atoms with Gasteiger partial charge in [-0.1, -0.05) is 6.07 Å². The van der Waals surface area contributed by atoms with Crippen molar-refractivity contribution in [2.45, 2.75) is 36.3 Å². The van der Waals surface area contributed by atoms with Gasteiger partial charge in [-0.2, -0.15) is 0 Å². The summed E-state index contributed by atoms with van der Waals surface area (Å²) in [7, 11) is 1.65. The fourth-order valence-electron chi connectivity index (χ4n) is 3.08. The lowest BCUT2D eigenvalue weighted by molar-refractivity contribution is -0.115. The summed E-state index contributed by atoms with van der Waals surface area (Å²) in [5.74, 6) is 0.805. The first-order valence-electron chi connectivity index (χ1n) is 9.12. The second kappa shape index (κ2) is 8.99. The van der Waals surface area contributed by atoms with Gasteiger partial charge >= 0.3 is 0 Å². The molecule has 2 aromatic rings. The molecule has 0 radical (unpaired) electrons. The lowest BCUT2D eigenvalue weighted by Crippen LogP contribution is -2.29. The van der Waals surface area contributed by atoms with Gasteiger partial charge in [0.2, 0.25) is 5.91 Å². The maximum absolute atomic E-state index is 12.5. The Hall–Kier alpha value is -2.14. The van der Waals surface area contributed by atoms with E-state index in [-0.39, 0.29) is 11.2 Å². The van der Waals surface area contributed by atoms with Gasteiger partial charge in [0.1, 0.15) is 5.75 Å². The molecule has 0 bridgehead atoms. The van der Waals surface area contributed by atoms with Crippen LogP contribution in [0.15, 0.2) is 53.4 Å². The Kier molecular flexibility index (Phi) is 6.45. The Morgan fingerprint density at radius 1 is 1.12 bits per heavy atom. The molecule has 1 saturated heterocycles. The Bertz CT molecular complexity index is 727. The Morgan fingerprint density at radius 3 is 2.54 bits per heavy atom. The van der Waals surface area contributed by atoms with Crippen LogP contribution in [0.1, 0.15) is 26.2 Å². The van der Waals surface area contributed by atoms with Crippen molar-refractivity contribution < 1.29 is 9.53 Å². The number of benzene rings is 2. The van der Waals surface area contributed by atoms with Crippen LogP contribution in [0.25, 0.3) is 0 Å².